The molecule has 0 spiro atoms. The van der Waals surface area contributed by atoms with Crippen LogP contribution in [0.2, 0.25) is 0 Å². The first-order chi connectivity index (χ1) is 10.1. The number of esters is 2. The van der Waals surface area contributed by atoms with Crippen molar-refractivity contribution in [2.75, 3.05) is 13.2 Å². The van der Waals surface area contributed by atoms with Gasteiger partial charge >= 0.3 is 11.9 Å². The number of carbonyl (C=O) groups is 2. The molecule has 0 heterocycles. The van der Waals surface area contributed by atoms with E-state index in [0.717, 1.165) is 5.57 Å². The van der Waals surface area contributed by atoms with Gasteiger partial charge in [-0.1, -0.05) is 55.4 Å². The Kier molecular flexibility index (Phi) is 9.07. The van der Waals surface area contributed by atoms with Gasteiger partial charge in [-0.3, -0.25) is 0 Å². The van der Waals surface area contributed by atoms with Crippen molar-refractivity contribution in [2.24, 2.45) is 23.7 Å². The molecule has 0 saturated carbocycles. The minimum Gasteiger partial charge on any atom is -0.462 e. The molecule has 0 unspecified atom stereocenters. The minimum absolute atomic E-state index is 0.0753. The van der Waals surface area contributed by atoms with Crippen LogP contribution in [0.4, 0.5) is 0 Å². The largest absolute Gasteiger partial charge is 0.462 e. The molecular weight excluding hydrogens is 280 g/mol. The first kappa shape index (κ1) is 20.7. The zero-order valence-corrected chi connectivity index (χ0v) is 15.4. The Morgan fingerprint density at radius 1 is 0.682 bits per heavy atom. The van der Waals surface area contributed by atoms with E-state index in [-0.39, 0.29) is 29.2 Å². The van der Waals surface area contributed by atoms with Crippen molar-refractivity contribution in [3.8, 4) is 0 Å². The third-order valence-corrected chi connectivity index (χ3v) is 3.04. The highest BCUT2D eigenvalue weighted by atomic mass is 16.6. The highest BCUT2D eigenvalue weighted by Gasteiger charge is 2.29. The molecule has 0 bridgehead atoms. The van der Waals surface area contributed by atoms with Gasteiger partial charge in [-0.2, -0.15) is 0 Å². The summed E-state index contributed by atoms with van der Waals surface area (Å²) in [6.45, 7) is 16.3. The highest BCUT2D eigenvalue weighted by Crippen LogP contribution is 2.25. The zero-order valence-electron chi connectivity index (χ0n) is 15.4. The Bertz CT molecular complexity index is 367. The van der Waals surface area contributed by atoms with Gasteiger partial charge in [0.05, 0.1) is 13.2 Å². The Morgan fingerprint density at radius 3 is 1.23 bits per heavy atom. The molecule has 0 aromatic carbocycles. The van der Waals surface area contributed by atoms with Crippen LogP contribution in [0.15, 0.2) is 11.1 Å². The summed E-state index contributed by atoms with van der Waals surface area (Å²) in [5.41, 5.74) is 0.869. The lowest BCUT2D eigenvalue weighted by Gasteiger charge is -2.20. The van der Waals surface area contributed by atoms with E-state index in [4.69, 9.17) is 9.47 Å². The van der Waals surface area contributed by atoms with E-state index in [2.05, 4.69) is 0 Å². The molecule has 0 fully saturated rings. The second-order valence-electron chi connectivity index (χ2n) is 7.12. The molecule has 0 aliphatic heterocycles. The first-order valence-corrected chi connectivity index (χ1v) is 8.16. The van der Waals surface area contributed by atoms with Crippen LogP contribution in [-0.4, -0.2) is 25.2 Å². The van der Waals surface area contributed by atoms with Gasteiger partial charge in [0.2, 0.25) is 0 Å². The number of ether oxygens (including phenoxy) is 2. The smallest absolute Gasteiger partial charge is 0.345 e. The van der Waals surface area contributed by atoms with Gasteiger partial charge < -0.3 is 9.47 Å². The van der Waals surface area contributed by atoms with Crippen LogP contribution in [0.5, 0.6) is 0 Å². The quantitative estimate of drug-likeness (QED) is 0.294. The molecular formula is C18H32O4. The van der Waals surface area contributed by atoms with E-state index >= 15 is 0 Å². The third kappa shape index (κ3) is 7.10. The molecule has 0 N–H and O–H groups in total. The van der Waals surface area contributed by atoms with Crippen LogP contribution in [0.3, 0.4) is 0 Å². The van der Waals surface area contributed by atoms with Crippen molar-refractivity contribution in [1.82, 2.24) is 0 Å². The van der Waals surface area contributed by atoms with Gasteiger partial charge in [0, 0.05) is 0 Å². The SMILES string of the molecule is CC(C)COC(=O)C(C(=O)OCC(C)C)=C(C(C)C)C(C)C. The predicted octanol–water partition coefficient (Wildman–Crippen LogP) is 3.99. The molecule has 0 rings (SSSR count). The Labute approximate surface area is 135 Å². The molecule has 4 nitrogen and oxygen atoms in total. The van der Waals surface area contributed by atoms with E-state index in [1.807, 2.05) is 55.4 Å². The summed E-state index contributed by atoms with van der Waals surface area (Å²) in [4.78, 5) is 24.8. The van der Waals surface area contributed by atoms with Crippen molar-refractivity contribution >= 4 is 11.9 Å². The summed E-state index contributed by atoms with van der Waals surface area (Å²) in [5, 5.41) is 0. The van der Waals surface area contributed by atoms with Crippen LogP contribution in [0.25, 0.3) is 0 Å². The Morgan fingerprint density at radius 2 is 1.00 bits per heavy atom. The maximum atomic E-state index is 12.4. The number of allylic oxidation sites excluding steroid dienone is 1. The summed E-state index contributed by atoms with van der Waals surface area (Å²) in [7, 11) is 0. The Hall–Kier alpha value is -1.32. The first-order valence-electron chi connectivity index (χ1n) is 8.16. The second-order valence-corrected chi connectivity index (χ2v) is 7.12. The second kappa shape index (κ2) is 9.65. The van der Waals surface area contributed by atoms with Crippen molar-refractivity contribution in [2.45, 2.75) is 55.4 Å². The Balaban J connectivity index is 5.51. The number of carbonyl (C=O) groups excluding carboxylic acids is 2. The summed E-state index contributed by atoms with van der Waals surface area (Å²) >= 11 is 0. The molecule has 0 aromatic heterocycles. The summed E-state index contributed by atoms with van der Waals surface area (Å²) in [5.74, 6) is -0.544. The van der Waals surface area contributed by atoms with Crippen LogP contribution in [0, 0.1) is 23.7 Å². The lowest BCUT2D eigenvalue weighted by molar-refractivity contribution is -0.148. The fraction of sp³-hybridized carbons (Fsp3) is 0.778. The fourth-order valence-corrected chi connectivity index (χ4v) is 2.19. The molecule has 4 heteroatoms. The lowest BCUT2D eigenvalue weighted by Crippen LogP contribution is -2.25. The van der Waals surface area contributed by atoms with Crippen molar-refractivity contribution in [1.29, 1.82) is 0 Å². The van der Waals surface area contributed by atoms with Crippen LogP contribution in [-0.2, 0) is 19.1 Å². The van der Waals surface area contributed by atoms with Gasteiger partial charge in [0.1, 0.15) is 5.57 Å². The average Bonchev–Trinajstić information content (AvgIpc) is 2.38. The van der Waals surface area contributed by atoms with Crippen LogP contribution in [0.1, 0.15) is 55.4 Å². The topological polar surface area (TPSA) is 52.6 Å². The van der Waals surface area contributed by atoms with Gasteiger partial charge in [-0.15, -0.1) is 0 Å². The fourth-order valence-electron chi connectivity index (χ4n) is 2.19. The van der Waals surface area contributed by atoms with E-state index in [9.17, 15) is 9.59 Å². The van der Waals surface area contributed by atoms with Gasteiger partial charge in [-0.25, -0.2) is 9.59 Å². The summed E-state index contributed by atoms with van der Waals surface area (Å²) in [6.07, 6.45) is 0. The van der Waals surface area contributed by atoms with E-state index in [0.29, 0.717) is 13.2 Å². The summed E-state index contributed by atoms with van der Waals surface area (Å²) in [6, 6.07) is 0. The molecule has 128 valence electrons. The molecule has 0 aliphatic rings. The van der Waals surface area contributed by atoms with Crippen LogP contribution >= 0.6 is 0 Å². The molecule has 0 amide bonds. The van der Waals surface area contributed by atoms with E-state index in [1.54, 1.807) is 0 Å². The summed E-state index contributed by atoms with van der Waals surface area (Å²) < 4.78 is 10.6. The molecule has 0 saturated heterocycles. The van der Waals surface area contributed by atoms with Crippen molar-refractivity contribution in [3.05, 3.63) is 11.1 Å². The number of hydrogen-bond acceptors (Lipinski definition) is 4. The van der Waals surface area contributed by atoms with Crippen molar-refractivity contribution < 1.29 is 19.1 Å². The maximum Gasteiger partial charge on any atom is 0.345 e. The maximum absolute atomic E-state index is 12.4. The van der Waals surface area contributed by atoms with Crippen LogP contribution < -0.4 is 0 Å². The molecule has 0 atom stereocenters. The normalized spacial score (nSPS) is 11.3. The monoisotopic (exact) mass is 312 g/mol. The van der Waals surface area contributed by atoms with E-state index in [1.165, 1.54) is 0 Å². The predicted molar refractivity (Wildman–Crippen MR) is 88.3 cm³/mol. The molecule has 22 heavy (non-hydrogen) atoms. The van der Waals surface area contributed by atoms with Gasteiger partial charge in [0.15, 0.2) is 0 Å². The van der Waals surface area contributed by atoms with Gasteiger partial charge in [0.25, 0.3) is 0 Å². The number of rotatable bonds is 8. The zero-order chi connectivity index (χ0) is 17.4. The lowest BCUT2D eigenvalue weighted by atomic mass is 9.88. The minimum atomic E-state index is -0.570. The highest BCUT2D eigenvalue weighted by molar-refractivity contribution is 6.14. The third-order valence-electron chi connectivity index (χ3n) is 3.04. The van der Waals surface area contributed by atoms with Gasteiger partial charge in [-0.05, 0) is 29.2 Å². The molecule has 0 radical (unpaired) electrons. The molecule has 0 aliphatic carbocycles. The standard InChI is InChI=1S/C18H32O4/c1-11(2)9-21-17(19)16(15(13(5)6)14(7)8)18(20)22-10-12(3)4/h11-14H,9-10H2,1-8H3. The van der Waals surface area contributed by atoms with Crippen molar-refractivity contribution in [3.63, 3.8) is 0 Å². The number of hydrogen-bond donors (Lipinski definition) is 0. The molecule has 0 aromatic rings. The average molecular weight is 312 g/mol. The van der Waals surface area contributed by atoms with E-state index < -0.39 is 11.9 Å².